The SMILES string of the molecule is CN1CCCC(c2nc(CC=O)co2)C1. The molecule has 1 saturated heterocycles. The topological polar surface area (TPSA) is 46.3 Å². The second-order valence-corrected chi connectivity index (χ2v) is 4.15. The van der Waals surface area contributed by atoms with Gasteiger partial charge in [-0.15, -0.1) is 0 Å². The number of aromatic nitrogens is 1. The Bertz CT molecular complexity index is 335. The summed E-state index contributed by atoms with van der Waals surface area (Å²) in [6.45, 7) is 2.15. The van der Waals surface area contributed by atoms with Gasteiger partial charge in [0.05, 0.1) is 5.69 Å². The molecule has 0 bridgehead atoms. The zero-order chi connectivity index (χ0) is 10.7. The molecule has 1 aliphatic rings. The summed E-state index contributed by atoms with van der Waals surface area (Å²) < 4.78 is 5.41. The fraction of sp³-hybridized carbons (Fsp3) is 0.636. The highest BCUT2D eigenvalue weighted by molar-refractivity contribution is 5.53. The van der Waals surface area contributed by atoms with Gasteiger partial charge in [0.2, 0.25) is 0 Å². The van der Waals surface area contributed by atoms with Gasteiger partial charge in [0, 0.05) is 18.9 Å². The smallest absolute Gasteiger partial charge is 0.198 e. The quantitative estimate of drug-likeness (QED) is 0.701. The van der Waals surface area contributed by atoms with Crippen molar-refractivity contribution in [2.45, 2.75) is 25.2 Å². The number of aldehydes is 1. The van der Waals surface area contributed by atoms with E-state index in [0.29, 0.717) is 12.3 Å². The van der Waals surface area contributed by atoms with Crippen molar-refractivity contribution in [3.05, 3.63) is 17.8 Å². The number of oxazole rings is 1. The van der Waals surface area contributed by atoms with Gasteiger partial charge in [-0.05, 0) is 26.4 Å². The van der Waals surface area contributed by atoms with Crippen LogP contribution in [0.5, 0.6) is 0 Å². The Balaban J connectivity index is 2.04. The molecule has 0 saturated carbocycles. The van der Waals surface area contributed by atoms with Gasteiger partial charge in [-0.25, -0.2) is 4.98 Å². The lowest BCUT2D eigenvalue weighted by Gasteiger charge is -2.27. The second kappa shape index (κ2) is 4.57. The molecule has 0 aliphatic carbocycles. The van der Waals surface area contributed by atoms with Crippen LogP contribution in [0, 0.1) is 0 Å². The van der Waals surface area contributed by atoms with Crippen molar-refractivity contribution < 1.29 is 9.21 Å². The minimum atomic E-state index is 0.353. The van der Waals surface area contributed by atoms with Crippen molar-refractivity contribution in [1.82, 2.24) is 9.88 Å². The molecular weight excluding hydrogens is 192 g/mol. The zero-order valence-corrected chi connectivity index (χ0v) is 8.98. The molecule has 4 nitrogen and oxygen atoms in total. The van der Waals surface area contributed by atoms with Crippen molar-refractivity contribution >= 4 is 6.29 Å². The lowest BCUT2D eigenvalue weighted by Crippen LogP contribution is -2.30. The van der Waals surface area contributed by atoms with Crippen LogP contribution in [0.3, 0.4) is 0 Å². The van der Waals surface area contributed by atoms with Crippen molar-refractivity contribution in [3.63, 3.8) is 0 Å². The fourth-order valence-corrected chi connectivity index (χ4v) is 2.06. The van der Waals surface area contributed by atoms with Gasteiger partial charge in [0.25, 0.3) is 0 Å². The molecule has 15 heavy (non-hydrogen) atoms. The molecule has 1 aliphatic heterocycles. The van der Waals surface area contributed by atoms with E-state index in [1.807, 2.05) is 0 Å². The first-order valence-electron chi connectivity index (χ1n) is 5.36. The van der Waals surface area contributed by atoms with Crippen LogP contribution < -0.4 is 0 Å². The molecule has 0 aromatic carbocycles. The number of carbonyl (C=O) groups is 1. The van der Waals surface area contributed by atoms with Crippen LogP contribution >= 0.6 is 0 Å². The lowest BCUT2D eigenvalue weighted by atomic mass is 9.98. The zero-order valence-electron chi connectivity index (χ0n) is 8.98. The molecular formula is C11H16N2O2. The highest BCUT2D eigenvalue weighted by Gasteiger charge is 2.22. The van der Waals surface area contributed by atoms with Gasteiger partial charge in [-0.3, -0.25) is 0 Å². The van der Waals surface area contributed by atoms with E-state index in [1.165, 1.54) is 6.42 Å². The van der Waals surface area contributed by atoms with Crippen molar-refractivity contribution in [1.29, 1.82) is 0 Å². The van der Waals surface area contributed by atoms with Gasteiger partial charge < -0.3 is 14.1 Å². The number of hydrogen-bond donors (Lipinski definition) is 0. The maximum Gasteiger partial charge on any atom is 0.198 e. The first kappa shape index (κ1) is 10.4. The Morgan fingerprint density at radius 3 is 3.33 bits per heavy atom. The highest BCUT2D eigenvalue weighted by Crippen LogP contribution is 2.25. The largest absolute Gasteiger partial charge is 0.448 e. The van der Waals surface area contributed by atoms with Gasteiger partial charge in [0.15, 0.2) is 5.89 Å². The average Bonchev–Trinajstić information content (AvgIpc) is 2.67. The monoisotopic (exact) mass is 208 g/mol. The number of carbonyl (C=O) groups excluding carboxylic acids is 1. The molecule has 4 heteroatoms. The van der Waals surface area contributed by atoms with E-state index in [9.17, 15) is 4.79 Å². The van der Waals surface area contributed by atoms with Crippen LogP contribution in [0.25, 0.3) is 0 Å². The molecule has 0 radical (unpaired) electrons. The maximum atomic E-state index is 10.3. The molecule has 0 amide bonds. The summed E-state index contributed by atoms with van der Waals surface area (Å²) >= 11 is 0. The molecule has 1 fully saturated rings. The summed E-state index contributed by atoms with van der Waals surface area (Å²) in [4.78, 5) is 16.9. The molecule has 1 aromatic heterocycles. The molecule has 1 unspecified atom stereocenters. The van der Waals surface area contributed by atoms with E-state index >= 15 is 0 Å². The van der Waals surface area contributed by atoms with Crippen molar-refractivity contribution in [2.24, 2.45) is 0 Å². The number of piperidine rings is 1. The number of hydrogen-bond acceptors (Lipinski definition) is 4. The number of rotatable bonds is 3. The van der Waals surface area contributed by atoms with Crippen LogP contribution in [-0.4, -0.2) is 36.3 Å². The third kappa shape index (κ3) is 2.45. The van der Waals surface area contributed by atoms with E-state index in [4.69, 9.17) is 4.42 Å². The van der Waals surface area contributed by atoms with E-state index in [0.717, 1.165) is 37.4 Å². The summed E-state index contributed by atoms with van der Waals surface area (Å²) in [6, 6.07) is 0. The van der Waals surface area contributed by atoms with Gasteiger partial charge in [-0.1, -0.05) is 0 Å². The standard InChI is InChI=1S/C11H16N2O2/c1-13-5-2-3-9(7-13)11-12-10(4-6-14)8-15-11/h6,8-9H,2-5,7H2,1H3. The Morgan fingerprint density at radius 2 is 2.60 bits per heavy atom. The number of likely N-dealkylation sites (tertiary alicyclic amines) is 1. The van der Waals surface area contributed by atoms with E-state index in [1.54, 1.807) is 6.26 Å². The minimum absolute atomic E-state index is 0.353. The van der Waals surface area contributed by atoms with Crippen LogP contribution in [-0.2, 0) is 11.2 Å². The third-order valence-corrected chi connectivity index (χ3v) is 2.84. The van der Waals surface area contributed by atoms with Crippen molar-refractivity contribution in [2.75, 3.05) is 20.1 Å². The minimum Gasteiger partial charge on any atom is -0.448 e. The van der Waals surface area contributed by atoms with Crippen molar-refractivity contribution in [3.8, 4) is 0 Å². The number of likely N-dealkylation sites (N-methyl/N-ethyl adjacent to an activating group) is 1. The van der Waals surface area contributed by atoms with E-state index < -0.39 is 0 Å². The Labute approximate surface area is 89.3 Å². The molecule has 82 valence electrons. The maximum absolute atomic E-state index is 10.3. The summed E-state index contributed by atoms with van der Waals surface area (Å²) in [7, 11) is 2.11. The first-order chi connectivity index (χ1) is 7.29. The Morgan fingerprint density at radius 1 is 1.73 bits per heavy atom. The van der Waals surface area contributed by atoms with E-state index in [-0.39, 0.29) is 0 Å². The van der Waals surface area contributed by atoms with Crippen LogP contribution in [0.4, 0.5) is 0 Å². The van der Waals surface area contributed by atoms with Crippen LogP contribution in [0.1, 0.15) is 30.3 Å². The summed E-state index contributed by atoms with van der Waals surface area (Å²) in [5.74, 6) is 1.18. The summed E-state index contributed by atoms with van der Waals surface area (Å²) in [5, 5.41) is 0. The highest BCUT2D eigenvalue weighted by atomic mass is 16.3. The number of nitrogens with zero attached hydrogens (tertiary/aromatic N) is 2. The normalized spacial score (nSPS) is 22.9. The van der Waals surface area contributed by atoms with Gasteiger partial charge >= 0.3 is 0 Å². The fourth-order valence-electron chi connectivity index (χ4n) is 2.06. The van der Waals surface area contributed by atoms with E-state index in [2.05, 4.69) is 16.9 Å². The second-order valence-electron chi connectivity index (χ2n) is 4.15. The van der Waals surface area contributed by atoms with Crippen LogP contribution in [0.15, 0.2) is 10.7 Å². The molecule has 1 atom stereocenters. The molecule has 2 heterocycles. The third-order valence-electron chi connectivity index (χ3n) is 2.84. The summed E-state index contributed by atoms with van der Waals surface area (Å²) in [6.07, 6.45) is 5.12. The first-order valence-corrected chi connectivity index (χ1v) is 5.36. The Kier molecular flexibility index (Phi) is 3.16. The predicted octanol–water partition coefficient (Wildman–Crippen LogP) is 1.23. The van der Waals surface area contributed by atoms with Crippen LogP contribution in [0.2, 0.25) is 0 Å². The predicted molar refractivity (Wildman–Crippen MR) is 55.7 cm³/mol. The lowest BCUT2D eigenvalue weighted by molar-refractivity contribution is -0.107. The van der Waals surface area contributed by atoms with Gasteiger partial charge in [0.1, 0.15) is 12.5 Å². The Hall–Kier alpha value is -1.16. The molecule has 1 aromatic rings. The molecule has 0 spiro atoms. The average molecular weight is 208 g/mol. The van der Waals surface area contributed by atoms with Gasteiger partial charge in [-0.2, -0.15) is 0 Å². The molecule has 2 rings (SSSR count). The molecule has 0 N–H and O–H groups in total. The summed E-state index contributed by atoms with van der Waals surface area (Å²) in [5.41, 5.74) is 0.744.